The molecule has 2 atom stereocenters. The van der Waals surface area contributed by atoms with Gasteiger partial charge in [0, 0.05) is 5.38 Å². The first-order valence-electron chi connectivity index (χ1n) is 12.5. The third kappa shape index (κ3) is 7.30. The average molecular weight is 566 g/mol. The number of thiazole rings is 1. The molecule has 8 nitrogen and oxygen atoms in total. The van der Waals surface area contributed by atoms with E-state index in [4.69, 9.17) is 15.6 Å². The highest BCUT2D eigenvalue weighted by molar-refractivity contribution is 7.86. The summed E-state index contributed by atoms with van der Waals surface area (Å²) in [6.07, 6.45) is 1.71. The molecule has 4 aromatic rings. The monoisotopic (exact) mass is 565 g/mol. The predicted octanol–water partition coefficient (Wildman–Crippen LogP) is 4.72. The second-order valence-electron chi connectivity index (χ2n) is 9.01. The number of aromatic nitrogens is 1. The van der Waals surface area contributed by atoms with Crippen LogP contribution in [-0.4, -0.2) is 26.4 Å². The summed E-state index contributed by atoms with van der Waals surface area (Å²) in [5.74, 6) is 4.98. The predicted molar refractivity (Wildman–Crippen MR) is 151 cm³/mol. The highest BCUT2D eigenvalue weighted by atomic mass is 32.2. The quantitative estimate of drug-likeness (QED) is 0.239. The smallest absolute Gasteiger partial charge is 0.312 e. The van der Waals surface area contributed by atoms with Crippen LogP contribution in [0.15, 0.2) is 89.1 Å². The van der Waals surface area contributed by atoms with Crippen LogP contribution >= 0.6 is 11.3 Å². The molecule has 1 heterocycles. The van der Waals surface area contributed by atoms with Crippen LogP contribution in [0.2, 0.25) is 0 Å². The Bertz CT molecular complexity index is 1490. The minimum absolute atomic E-state index is 0.0437. The number of amides is 1. The summed E-state index contributed by atoms with van der Waals surface area (Å²) in [5, 5.41) is 6.01. The van der Waals surface area contributed by atoms with Gasteiger partial charge in [0.1, 0.15) is 10.8 Å². The van der Waals surface area contributed by atoms with Crippen molar-refractivity contribution in [3.63, 3.8) is 0 Å². The van der Waals surface area contributed by atoms with Gasteiger partial charge in [0.2, 0.25) is 5.91 Å². The summed E-state index contributed by atoms with van der Waals surface area (Å²) < 4.78 is 33.4. The normalized spacial score (nSPS) is 13.0. The van der Waals surface area contributed by atoms with Crippen LogP contribution in [0.4, 0.5) is 0 Å². The fourth-order valence-electron chi connectivity index (χ4n) is 4.27. The maximum atomic E-state index is 13.9. The second-order valence-corrected chi connectivity index (χ2v) is 11.5. The lowest BCUT2D eigenvalue weighted by Gasteiger charge is -2.23. The molecular weight excluding hydrogens is 534 g/mol. The van der Waals surface area contributed by atoms with Gasteiger partial charge in [0.25, 0.3) is 0 Å². The number of rotatable bonds is 12. The zero-order chi connectivity index (χ0) is 27.8. The molecule has 0 aliphatic rings. The van der Waals surface area contributed by atoms with Crippen molar-refractivity contribution in [1.82, 2.24) is 10.3 Å². The number of hydrogen-bond acceptors (Lipinski definition) is 8. The van der Waals surface area contributed by atoms with Gasteiger partial charge in [-0.15, -0.1) is 11.3 Å². The van der Waals surface area contributed by atoms with Gasteiger partial charge >= 0.3 is 10.1 Å². The van der Waals surface area contributed by atoms with Crippen LogP contribution in [0.25, 0.3) is 0 Å². The zero-order valence-electron chi connectivity index (χ0n) is 21.7. The Morgan fingerprint density at radius 1 is 1.00 bits per heavy atom. The molecule has 0 spiro atoms. The molecule has 0 radical (unpaired) electrons. The first kappa shape index (κ1) is 28.4. The van der Waals surface area contributed by atoms with E-state index in [1.807, 2.05) is 66.9 Å². The number of carbonyl (C=O) groups excluding carboxylic acids is 1. The molecule has 10 heteroatoms. The molecule has 0 fully saturated rings. The van der Waals surface area contributed by atoms with Crippen molar-refractivity contribution in [3.05, 3.63) is 112 Å². The first-order valence-corrected chi connectivity index (χ1v) is 14.8. The van der Waals surface area contributed by atoms with Crippen molar-refractivity contribution in [3.8, 4) is 5.75 Å². The maximum Gasteiger partial charge on any atom is 0.312 e. The van der Waals surface area contributed by atoms with E-state index in [1.54, 1.807) is 19.2 Å². The molecule has 0 saturated heterocycles. The molecule has 4 rings (SSSR count). The van der Waals surface area contributed by atoms with Gasteiger partial charge in [-0.25, -0.2) is 4.98 Å². The summed E-state index contributed by atoms with van der Waals surface area (Å²) in [7, 11) is -2.40. The fourth-order valence-corrected chi connectivity index (χ4v) is 5.80. The number of hydrogen-bond donors (Lipinski definition) is 2. The van der Waals surface area contributed by atoms with Crippen molar-refractivity contribution >= 4 is 27.4 Å². The number of nitrogens with zero attached hydrogens (tertiary/aromatic N) is 1. The van der Waals surface area contributed by atoms with Gasteiger partial charge < -0.3 is 10.1 Å². The standard InChI is InChI=1S/C29H31N3O5S2/c1-3-23-19-38-29(31-23)27(17-21-12-14-25(15-13-21)39(34,35)37-30)32-28(33)26(16-20-8-5-4-6-9-20)22-10-7-11-24(18-22)36-2/h4-15,18-19,26-27H,3,16-17,30H2,1-2H3,(H,32,33). The Kier molecular flexibility index (Phi) is 9.47. The third-order valence-electron chi connectivity index (χ3n) is 6.42. The fraction of sp³-hybridized carbons (Fsp3) is 0.241. The summed E-state index contributed by atoms with van der Waals surface area (Å²) in [5.41, 5.74) is 3.66. The average Bonchev–Trinajstić information content (AvgIpc) is 3.46. The number of ether oxygens (including phenoxy) is 1. The van der Waals surface area contributed by atoms with Crippen LogP contribution in [0.1, 0.15) is 46.3 Å². The van der Waals surface area contributed by atoms with E-state index >= 15 is 0 Å². The van der Waals surface area contributed by atoms with E-state index < -0.39 is 22.1 Å². The van der Waals surface area contributed by atoms with E-state index in [0.717, 1.165) is 33.8 Å². The molecule has 39 heavy (non-hydrogen) atoms. The Morgan fingerprint density at radius 3 is 2.36 bits per heavy atom. The Labute approximate surface area is 232 Å². The van der Waals surface area contributed by atoms with E-state index in [0.29, 0.717) is 18.6 Å². The van der Waals surface area contributed by atoms with E-state index in [1.165, 1.54) is 23.5 Å². The van der Waals surface area contributed by atoms with Crippen molar-refractivity contribution in [1.29, 1.82) is 0 Å². The molecular formula is C29H31N3O5S2. The molecule has 1 aromatic heterocycles. The van der Waals surface area contributed by atoms with Gasteiger partial charge in [-0.1, -0.05) is 61.5 Å². The molecule has 3 N–H and O–H groups in total. The minimum atomic E-state index is -4.00. The van der Waals surface area contributed by atoms with E-state index in [2.05, 4.69) is 9.60 Å². The summed E-state index contributed by atoms with van der Waals surface area (Å²) in [6.45, 7) is 2.03. The van der Waals surface area contributed by atoms with Gasteiger partial charge in [-0.05, 0) is 60.2 Å². The molecule has 0 bridgehead atoms. The molecule has 3 aromatic carbocycles. The summed E-state index contributed by atoms with van der Waals surface area (Å²) in [4.78, 5) is 18.6. The first-order chi connectivity index (χ1) is 18.8. The Hall–Kier alpha value is -3.57. The van der Waals surface area contributed by atoms with Crippen LogP contribution in [-0.2, 0) is 38.5 Å². The van der Waals surface area contributed by atoms with E-state index in [9.17, 15) is 13.2 Å². The summed E-state index contributed by atoms with van der Waals surface area (Å²) in [6, 6.07) is 23.3. The minimum Gasteiger partial charge on any atom is -0.497 e. The number of benzene rings is 3. The number of aryl methyl sites for hydroxylation is 1. The SMILES string of the molecule is CCc1csc(C(Cc2ccc(S(=O)(=O)ON)cc2)NC(=O)C(Cc2ccccc2)c2cccc(OC)c2)n1. The van der Waals surface area contributed by atoms with Crippen molar-refractivity contribution in [2.45, 2.75) is 43.0 Å². The zero-order valence-corrected chi connectivity index (χ0v) is 23.4. The summed E-state index contributed by atoms with van der Waals surface area (Å²) >= 11 is 1.49. The Morgan fingerprint density at radius 2 is 1.72 bits per heavy atom. The van der Waals surface area contributed by atoms with Crippen LogP contribution in [0.5, 0.6) is 5.75 Å². The van der Waals surface area contributed by atoms with Crippen LogP contribution in [0.3, 0.4) is 0 Å². The number of nitrogens with one attached hydrogen (secondary N) is 1. The maximum absolute atomic E-state index is 13.9. The largest absolute Gasteiger partial charge is 0.497 e. The van der Waals surface area contributed by atoms with Crippen molar-refractivity contribution in [2.75, 3.05) is 7.11 Å². The third-order valence-corrected chi connectivity index (χ3v) is 8.53. The van der Waals surface area contributed by atoms with Crippen molar-refractivity contribution in [2.24, 2.45) is 5.90 Å². The van der Waals surface area contributed by atoms with Gasteiger partial charge in [-0.3, -0.25) is 4.79 Å². The molecule has 0 saturated carbocycles. The number of carbonyl (C=O) groups is 1. The van der Waals surface area contributed by atoms with Crippen LogP contribution < -0.4 is 16.0 Å². The number of methoxy groups -OCH3 is 1. The van der Waals surface area contributed by atoms with Crippen molar-refractivity contribution < 1.29 is 22.2 Å². The lowest BCUT2D eigenvalue weighted by atomic mass is 9.90. The highest BCUT2D eigenvalue weighted by Crippen LogP contribution is 2.28. The lowest BCUT2D eigenvalue weighted by Crippen LogP contribution is -2.35. The molecule has 204 valence electrons. The molecule has 1 amide bonds. The highest BCUT2D eigenvalue weighted by Gasteiger charge is 2.27. The molecule has 0 aliphatic heterocycles. The molecule has 0 aliphatic carbocycles. The Balaban J connectivity index is 1.64. The van der Waals surface area contributed by atoms with Gasteiger partial charge in [-0.2, -0.15) is 18.6 Å². The van der Waals surface area contributed by atoms with Gasteiger partial charge in [0.15, 0.2) is 0 Å². The van der Waals surface area contributed by atoms with Crippen LogP contribution in [0, 0.1) is 0 Å². The molecule has 2 unspecified atom stereocenters. The topological polar surface area (TPSA) is 121 Å². The van der Waals surface area contributed by atoms with Gasteiger partial charge in [0.05, 0.1) is 29.7 Å². The number of nitrogens with two attached hydrogens (primary N) is 1. The lowest BCUT2D eigenvalue weighted by molar-refractivity contribution is -0.123. The van der Waals surface area contributed by atoms with E-state index in [-0.39, 0.29) is 10.8 Å². The second kappa shape index (κ2) is 13.0.